The van der Waals surface area contributed by atoms with Gasteiger partial charge in [-0.25, -0.2) is 0 Å². The molecule has 4 heteroatoms. The van der Waals surface area contributed by atoms with Gasteiger partial charge in [-0.15, -0.1) is 0 Å². The van der Waals surface area contributed by atoms with Gasteiger partial charge in [-0.3, -0.25) is 4.90 Å². The van der Waals surface area contributed by atoms with Gasteiger partial charge in [0.15, 0.2) is 5.76 Å². The number of hydrogen-bond donors (Lipinski definition) is 0. The summed E-state index contributed by atoms with van der Waals surface area (Å²) in [4.78, 5) is 2.42. The lowest BCUT2D eigenvalue weighted by molar-refractivity contribution is 0.0227. The molecule has 134 valence electrons. The molecule has 4 nitrogen and oxygen atoms in total. The first kappa shape index (κ1) is 17.0. The van der Waals surface area contributed by atoms with Gasteiger partial charge in [-0.1, -0.05) is 64.8 Å². The number of ether oxygens (including phenoxy) is 1. The number of benzene rings is 2. The van der Waals surface area contributed by atoms with E-state index in [4.69, 9.17) is 9.26 Å². The van der Waals surface area contributed by atoms with E-state index in [1.54, 1.807) is 0 Å². The van der Waals surface area contributed by atoms with Crippen LogP contribution in [0.15, 0.2) is 59.1 Å². The molecule has 3 aromatic rings. The Balaban J connectivity index is 1.69. The van der Waals surface area contributed by atoms with E-state index in [-0.39, 0.29) is 6.04 Å². The Morgan fingerprint density at radius 3 is 2.15 bits per heavy atom. The van der Waals surface area contributed by atoms with Crippen molar-refractivity contribution in [2.24, 2.45) is 0 Å². The topological polar surface area (TPSA) is 38.5 Å². The third-order valence-corrected chi connectivity index (χ3v) is 4.95. The number of hydrogen-bond acceptors (Lipinski definition) is 4. The molecule has 1 unspecified atom stereocenters. The molecule has 0 spiro atoms. The summed E-state index contributed by atoms with van der Waals surface area (Å²) in [7, 11) is 0. The molecular weight excluding hydrogens is 324 g/mol. The minimum Gasteiger partial charge on any atom is -0.379 e. The van der Waals surface area contributed by atoms with Crippen LogP contribution in [0.25, 0.3) is 11.3 Å². The SMILES string of the molecule is Cc1ccc(-c2cc(C(c3ccc(C)cc3)N3CCOCC3)no2)cc1. The second-order valence-corrected chi connectivity index (χ2v) is 6.94. The molecule has 0 amide bonds. The first-order valence-corrected chi connectivity index (χ1v) is 9.13. The van der Waals surface area contributed by atoms with Crippen LogP contribution >= 0.6 is 0 Å². The quantitative estimate of drug-likeness (QED) is 0.701. The van der Waals surface area contributed by atoms with Crippen molar-refractivity contribution < 1.29 is 9.26 Å². The average molecular weight is 348 g/mol. The normalized spacial score (nSPS) is 16.5. The van der Waals surface area contributed by atoms with Crippen molar-refractivity contribution in [3.8, 4) is 11.3 Å². The van der Waals surface area contributed by atoms with Crippen LogP contribution in [-0.4, -0.2) is 36.4 Å². The molecule has 26 heavy (non-hydrogen) atoms. The lowest BCUT2D eigenvalue weighted by atomic mass is 9.99. The molecule has 1 saturated heterocycles. The summed E-state index contributed by atoms with van der Waals surface area (Å²) in [6, 6.07) is 19.2. The van der Waals surface area contributed by atoms with Gasteiger partial charge < -0.3 is 9.26 Å². The first-order chi connectivity index (χ1) is 12.7. The molecule has 0 radical (unpaired) electrons. The first-order valence-electron chi connectivity index (χ1n) is 9.13. The second-order valence-electron chi connectivity index (χ2n) is 6.94. The minimum atomic E-state index is 0.0856. The largest absolute Gasteiger partial charge is 0.379 e. The van der Waals surface area contributed by atoms with Crippen molar-refractivity contribution in [3.63, 3.8) is 0 Å². The maximum absolute atomic E-state index is 5.70. The summed E-state index contributed by atoms with van der Waals surface area (Å²) in [5, 5.41) is 4.43. The van der Waals surface area contributed by atoms with E-state index in [0.717, 1.165) is 43.3 Å². The Hall–Kier alpha value is -2.43. The zero-order chi connectivity index (χ0) is 17.9. The monoisotopic (exact) mass is 348 g/mol. The highest BCUT2D eigenvalue weighted by atomic mass is 16.5. The molecule has 2 heterocycles. The fraction of sp³-hybridized carbons (Fsp3) is 0.318. The van der Waals surface area contributed by atoms with Crippen LogP contribution in [-0.2, 0) is 4.74 Å². The van der Waals surface area contributed by atoms with Crippen molar-refractivity contribution in [1.82, 2.24) is 10.1 Å². The van der Waals surface area contributed by atoms with Gasteiger partial charge in [-0.2, -0.15) is 0 Å². The van der Waals surface area contributed by atoms with Gasteiger partial charge in [0.05, 0.1) is 19.3 Å². The van der Waals surface area contributed by atoms with E-state index in [1.807, 2.05) is 0 Å². The molecule has 0 bridgehead atoms. The van der Waals surface area contributed by atoms with E-state index in [0.29, 0.717) is 0 Å². The average Bonchev–Trinajstić information content (AvgIpc) is 3.15. The smallest absolute Gasteiger partial charge is 0.167 e. The Morgan fingerprint density at radius 1 is 0.885 bits per heavy atom. The summed E-state index contributed by atoms with van der Waals surface area (Å²) in [6.45, 7) is 7.49. The van der Waals surface area contributed by atoms with E-state index < -0.39 is 0 Å². The molecule has 4 rings (SSSR count). The fourth-order valence-electron chi connectivity index (χ4n) is 3.42. The highest BCUT2D eigenvalue weighted by Crippen LogP contribution is 2.32. The Kier molecular flexibility index (Phi) is 4.87. The predicted octanol–water partition coefficient (Wildman–Crippen LogP) is 4.38. The molecule has 2 aromatic carbocycles. The lowest BCUT2D eigenvalue weighted by Crippen LogP contribution is -2.39. The third-order valence-electron chi connectivity index (χ3n) is 4.95. The van der Waals surface area contributed by atoms with Crippen LogP contribution in [0, 0.1) is 13.8 Å². The minimum absolute atomic E-state index is 0.0856. The Morgan fingerprint density at radius 2 is 1.50 bits per heavy atom. The van der Waals surface area contributed by atoms with Crippen molar-refractivity contribution >= 4 is 0 Å². The molecule has 1 atom stereocenters. The highest BCUT2D eigenvalue weighted by Gasteiger charge is 2.27. The summed E-state index contributed by atoms with van der Waals surface area (Å²) >= 11 is 0. The molecule has 0 aliphatic carbocycles. The van der Waals surface area contributed by atoms with E-state index >= 15 is 0 Å². The number of morpholine rings is 1. The van der Waals surface area contributed by atoms with Crippen LogP contribution in [0.1, 0.15) is 28.4 Å². The van der Waals surface area contributed by atoms with Gasteiger partial charge in [0.1, 0.15) is 5.69 Å². The molecule has 1 aromatic heterocycles. The van der Waals surface area contributed by atoms with Crippen LogP contribution in [0.5, 0.6) is 0 Å². The second kappa shape index (κ2) is 7.44. The fourth-order valence-corrected chi connectivity index (χ4v) is 3.42. The van der Waals surface area contributed by atoms with Gasteiger partial charge >= 0.3 is 0 Å². The highest BCUT2D eigenvalue weighted by molar-refractivity contribution is 5.58. The van der Waals surface area contributed by atoms with Crippen molar-refractivity contribution in [2.75, 3.05) is 26.3 Å². The lowest BCUT2D eigenvalue weighted by Gasteiger charge is -2.33. The Labute approximate surface area is 154 Å². The van der Waals surface area contributed by atoms with Crippen molar-refractivity contribution in [3.05, 3.63) is 77.0 Å². The number of rotatable bonds is 4. The van der Waals surface area contributed by atoms with E-state index in [2.05, 4.69) is 78.5 Å². The number of nitrogens with zero attached hydrogens (tertiary/aromatic N) is 2. The Bertz CT molecular complexity index is 847. The van der Waals surface area contributed by atoms with E-state index in [9.17, 15) is 0 Å². The summed E-state index contributed by atoms with van der Waals surface area (Å²) < 4.78 is 11.2. The zero-order valence-corrected chi connectivity index (χ0v) is 15.3. The van der Waals surface area contributed by atoms with Gasteiger partial charge in [0.25, 0.3) is 0 Å². The van der Waals surface area contributed by atoms with Crippen LogP contribution in [0.4, 0.5) is 0 Å². The van der Waals surface area contributed by atoms with Crippen LogP contribution < -0.4 is 0 Å². The predicted molar refractivity (Wildman–Crippen MR) is 102 cm³/mol. The number of aromatic nitrogens is 1. The van der Waals surface area contributed by atoms with Crippen LogP contribution in [0.2, 0.25) is 0 Å². The summed E-state index contributed by atoms with van der Waals surface area (Å²) in [6.07, 6.45) is 0. The van der Waals surface area contributed by atoms with Gasteiger partial charge in [0, 0.05) is 24.7 Å². The molecule has 1 aliphatic rings. The summed E-state index contributed by atoms with van der Waals surface area (Å²) in [5.41, 5.74) is 5.74. The van der Waals surface area contributed by atoms with Crippen LogP contribution in [0.3, 0.4) is 0 Å². The molecule has 1 fully saturated rings. The van der Waals surface area contributed by atoms with Gasteiger partial charge in [0.2, 0.25) is 0 Å². The zero-order valence-electron chi connectivity index (χ0n) is 15.3. The molecular formula is C22H24N2O2. The van der Waals surface area contributed by atoms with E-state index in [1.165, 1.54) is 16.7 Å². The maximum Gasteiger partial charge on any atom is 0.167 e. The molecule has 1 aliphatic heterocycles. The standard InChI is InChI=1S/C22H24N2O2/c1-16-3-7-18(8-4-16)21-15-20(23-26-21)22(24-11-13-25-14-12-24)19-9-5-17(2)6-10-19/h3-10,15,22H,11-14H2,1-2H3. The third kappa shape index (κ3) is 3.57. The van der Waals surface area contributed by atoms with Crippen molar-refractivity contribution in [1.29, 1.82) is 0 Å². The van der Waals surface area contributed by atoms with Crippen molar-refractivity contribution in [2.45, 2.75) is 19.9 Å². The molecule has 0 N–H and O–H groups in total. The summed E-state index contributed by atoms with van der Waals surface area (Å²) in [5.74, 6) is 0.811. The molecule has 0 saturated carbocycles. The van der Waals surface area contributed by atoms with Gasteiger partial charge in [-0.05, 0) is 19.4 Å². The number of aryl methyl sites for hydroxylation is 2. The maximum atomic E-state index is 5.70.